The summed E-state index contributed by atoms with van der Waals surface area (Å²) >= 11 is 8.83. The zero-order valence-corrected chi connectivity index (χ0v) is 14.3. The molecule has 0 aromatic heterocycles. The third kappa shape index (κ3) is 4.63. The highest BCUT2D eigenvalue weighted by molar-refractivity contribution is 9.10. The van der Waals surface area contributed by atoms with Crippen molar-refractivity contribution in [3.8, 4) is 0 Å². The van der Waals surface area contributed by atoms with E-state index in [1.807, 2.05) is 0 Å². The molecule has 0 atom stereocenters. The molecule has 1 aromatic rings. The molecule has 2 N–H and O–H groups in total. The van der Waals surface area contributed by atoms with E-state index in [0.29, 0.717) is 0 Å². The molecule has 1 rings (SSSR count). The average molecular weight is 403 g/mol. The lowest BCUT2D eigenvalue weighted by atomic mass is 10.2. The Kier molecular flexibility index (Phi) is 6.57. The number of nitrogens with one attached hydrogen (secondary N) is 1. The second kappa shape index (κ2) is 7.52. The van der Waals surface area contributed by atoms with Gasteiger partial charge >= 0.3 is 5.97 Å². The van der Waals surface area contributed by atoms with Crippen LogP contribution in [0, 0.1) is 0 Å². The molecule has 0 radical (unpaired) electrons. The molecule has 0 aliphatic heterocycles. The summed E-state index contributed by atoms with van der Waals surface area (Å²) in [6, 6.07) is 2.19. The van der Waals surface area contributed by atoms with Gasteiger partial charge in [0.1, 0.15) is 0 Å². The highest BCUT2D eigenvalue weighted by Gasteiger charge is 2.21. The molecule has 1 aromatic carbocycles. The average Bonchev–Trinajstić information content (AvgIpc) is 2.42. The maximum Gasteiger partial charge on any atom is 0.337 e. The van der Waals surface area contributed by atoms with Crippen LogP contribution in [0.4, 0.5) is 0 Å². The maximum atomic E-state index is 12.1. The quantitative estimate of drug-likeness (QED) is 0.673. The largest absolute Gasteiger partial charge is 0.478 e. The summed E-state index contributed by atoms with van der Waals surface area (Å²) in [7, 11) is -1.20. The number of methoxy groups -OCH3 is 2. The van der Waals surface area contributed by atoms with E-state index in [1.54, 1.807) is 0 Å². The number of sulfonamides is 1. The van der Waals surface area contributed by atoms with Gasteiger partial charge in [-0.15, -0.1) is 0 Å². The van der Waals surface area contributed by atoms with E-state index in [-0.39, 0.29) is 26.5 Å². The molecular formula is C11H13BrClNO6S. The number of benzene rings is 1. The second-order valence-electron chi connectivity index (χ2n) is 3.82. The minimum atomic E-state index is -3.93. The number of hydrogen-bond acceptors (Lipinski definition) is 5. The predicted molar refractivity (Wildman–Crippen MR) is 79.1 cm³/mol. The molecule has 0 spiro atoms. The third-order valence-electron chi connectivity index (χ3n) is 2.51. The molecule has 0 fully saturated rings. The Morgan fingerprint density at radius 1 is 1.43 bits per heavy atom. The predicted octanol–water partition coefficient (Wildman–Crippen LogP) is 1.70. The van der Waals surface area contributed by atoms with Crippen molar-refractivity contribution in [1.29, 1.82) is 0 Å². The fourth-order valence-corrected chi connectivity index (χ4v) is 3.27. The summed E-state index contributed by atoms with van der Waals surface area (Å²) in [6.07, 6.45) is -0.755. The highest BCUT2D eigenvalue weighted by Crippen LogP contribution is 2.29. The van der Waals surface area contributed by atoms with Crippen LogP contribution in [0.3, 0.4) is 0 Å². The number of carboxylic acid groups (broad SMARTS) is 1. The number of halogens is 2. The van der Waals surface area contributed by atoms with E-state index in [1.165, 1.54) is 20.3 Å². The van der Waals surface area contributed by atoms with Gasteiger partial charge in [-0.2, -0.15) is 0 Å². The van der Waals surface area contributed by atoms with Gasteiger partial charge in [0, 0.05) is 18.7 Å². The lowest BCUT2D eigenvalue weighted by Gasteiger charge is -2.15. The Morgan fingerprint density at radius 2 is 2.00 bits per heavy atom. The smallest absolute Gasteiger partial charge is 0.337 e. The summed E-state index contributed by atoms with van der Waals surface area (Å²) in [5.74, 6) is -1.33. The van der Waals surface area contributed by atoms with E-state index in [0.717, 1.165) is 6.07 Å². The van der Waals surface area contributed by atoms with Crippen LogP contribution in [0.2, 0.25) is 5.02 Å². The lowest BCUT2D eigenvalue weighted by molar-refractivity contribution is -0.0960. The monoisotopic (exact) mass is 401 g/mol. The van der Waals surface area contributed by atoms with E-state index in [9.17, 15) is 13.2 Å². The fourth-order valence-electron chi connectivity index (χ4n) is 1.40. The number of hydrogen-bond donors (Lipinski definition) is 2. The first-order chi connectivity index (χ1) is 9.72. The highest BCUT2D eigenvalue weighted by atomic mass is 79.9. The fraction of sp³-hybridized carbons (Fsp3) is 0.364. The topological polar surface area (TPSA) is 102 Å². The number of aromatic carboxylic acids is 1. The van der Waals surface area contributed by atoms with Gasteiger partial charge in [0.05, 0.1) is 22.0 Å². The van der Waals surface area contributed by atoms with Gasteiger partial charge in [0.2, 0.25) is 10.0 Å². The summed E-state index contributed by atoms with van der Waals surface area (Å²) < 4.78 is 36.4. The molecule has 0 unspecified atom stereocenters. The first-order valence-corrected chi connectivity index (χ1v) is 8.16. The maximum absolute atomic E-state index is 12.1. The molecule has 0 saturated carbocycles. The summed E-state index contributed by atoms with van der Waals surface area (Å²) in [5, 5.41) is 8.94. The first-order valence-electron chi connectivity index (χ1n) is 5.50. The molecule has 0 aliphatic carbocycles. The van der Waals surface area contributed by atoms with Gasteiger partial charge in [-0.3, -0.25) is 0 Å². The van der Waals surface area contributed by atoms with E-state index in [4.69, 9.17) is 26.2 Å². The number of rotatable bonds is 7. The van der Waals surface area contributed by atoms with Gasteiger partial charge in [-0.1, -0.05) is 11.6 Å². The van der Waals surface area contributed by atoms with Gasteiger partial charge in [-0.25, -0.2) is 17.9 Å². The molecule has 10 heteroatoms. The van der Waals surface area contributed by atoms with Crippen molar-refractivity contribution < 1.29 is 27.8 Å². The Bertz CT molecular complexity index is 632. The standard InChI is InChI=1S/C11H13BrClNO6S/c1-19-9(20-2)5-14-21(17,18)6-3-7(11(15)16)10(13)8(12)4-6/h3-4,9,14H,5H2,1-2H3,(H,15,16). The van der Waals surface area contributed by atoms with Crippen molar-refractivity contribution in [2.45, 2.75) is 11.2 Å². The van der Waals surface area contributed by atoms with Crippen molar-refractivity contribution >= 4 is 43.5 Å². The summed E-state index contributed by atoms with van der Waals surface area (Å²) in [6.45, 7) is -0.127. The van der Waals surface area contributed by atoms with Crippen LogP contribution in [0.1, 0.15) is 10.4 Å². The first kappa shape index (κ1) is 18.3. The van der Waals surface area contributed by atoms with Crippen LogP contribution < -0.4 is 4.72 Å². The molecule has 0 amide bonds. The molecule has 0 bridgehead atoms. The molecule has 118 valence electrons. The van der Waals surface area contributed by atoms with Gasteiger partial charge in [0.15, 0.2) is 6.29 Å². The summed E-state index contributed by atoms with van der Waals surface area (Å²) in [4.78, 5) is 10.8. The van der Waals surface area contributed by atoms with Gasteiger partial charge in [-0.05, 0) is 28.1 Å². The Hall–Kier alpha value is -0.710. The molecular weight excluding hydrogens is 390 g/mol. The van der Waals surface area contributed by atoms with E-state index in [2.05, 4.69) is 20.7 Å². The number of carboxylic acids is 1. The Morgan fingerprint density at radius 3 is 2.48 bits per heavy atom. The van der Waals surface area contributed by atoms with E-state index >= 15 is 0 Å². The van der Waals surface area contributed by atoms with Crippen molar-refractivity contribution in [3.05, 3.63) is 27.2 Å². The third-order valence-corrected chi connectivity index (χ3v) is 5.17. The van der Waals surface area contributed by atoms with Crippen molar-refractivity contribution in [1.82, 2.24) is 4.72 Å². The molecule has 0 heterocycles. The zero-order chi connectivity index (χ0) is 16.2. The SMILES string of the molecule is COC(CNS(=O)(=O)c1cc(Br)c(Cl)c(C(=O)O)c1)OC. The van der Waals surface area contributed by atoms with Gasteiger partial charge in [0.25, 0.3) is 0 Å². The molecule has 0 saturated heterocycles. The van der Waals surface area contributed by atoms with Crippen LogP contribution in [-0.4, -0.2) is 46.5 Å². The molecule has 0 aliphatic rings. The van der Waals surface area contributed by atoms with Crippen LogP contribution in [0.5, 0.6) is 0 Å². The summed E-state index contributed by atoms with van der Waals surface area (Å²) in [5.41, 5.74) is -0.318. The second-order valence-corrected chi connectivity index (χ2v) is 6.82. The van der Waals surface area contributed by atoms with Crippen molar-refractivity contribution in [2.24, 2.45) is 0 Å². The lowest BCUT2D eigenvalue weighted by Crippen LogP contribution is -2.34. The van der Waals surface area contributed by atoms with Crippen molar-refractivity contribution in [2.75, 3.05) is 20.8 Å². The molecule has 21 heavy (non-hydrogen) atoms. The Balaban J connectivity index is 3.12. The number of ether oxygens (including phenoxy) is 2. The van der Waals surface area contributed by atoms with Crippen LogP contribution in [0.25, 0.3) is 0 Å². The van der Waals surface area contributed by atoms with Crippen molar-refractivity contribution in [3.63, 3.8) is 0 Å². The molecule has 7 nitrogen and oxygen atoms in total. The van der Waals surface area contributed by atoms with Gasteiger partial charge < -0.3 is 14.6 Å². The normalized spacial score (nSPS) is 11.9. The zero-order valence-electron chi connectivity index (χ0n) is 11.1. The van der Waals surface area contributed by atoms with Crippen LogP contribution >= 0.6 is 27.5 Å². The van der Waals surface area contributed by atoms with E-state index < -0.39 is 22.3 Å². The number of carbonyl (C=O) groups is 1. The Labute approximate surface area is 135 Å². The van der Waals surface area contributed by atoms with Crippen LogP contribution in [0.15, 0.2) is 21.5 Å². The van der Waals surface area contributed by atoms with Crippen LogP contribution in [-0.2, 0) is 19.5 Å². The minimum Gasteiger partial charge on any atom is -0.478 e. The minimum absolute atomic E-state index is 0.0758.